The lowest BCUT2D eigenvalue weighted by atomic mass is 10.2. The van der Waals surface area contributed by atoms with Crippen LogP contribution in [0.1, 0.15) is 20.3 Å². The molecule has 8 nitrogen and oxygen atoms in total. The number of aromatic nitrogens is 2. The fraction of sp³-hybridized carbons (Fsp3) is 0.222. The van der Waals surface area contributed by atoms with Crippen molar-refractivity contribution in [2.45, 2.75) is 36.9 Å². The lowest BCUT2D eigenvalue weighted by molar-refractivity contribution is -0.113. The van der Waals surface area contributed by atoms with Gasteiger partial charge in [-0.2, -0.15) is 0 Å². The Kier molecular flexibility index (Phi) is 8.76. The normalized spacial score (nSPS) is 11.4. The van der Waals surface area contributed by atoms with Crippen molar-refractivity contribution in [2.24, 2.45) is 0 Å². The minimum atomic E-state index is -3.90. The minimum absolute atomic E-state index is 0.00327. The van der Waals surface area contributed by atoms with Crippen LogP contribution in [0.2, 0.25) is 5.02 Å². The molecule has 0 aliphatic carbocycles. The summed E-state index contributed by atoms with van der Waals surface area (Å²) in [5.74, 6) is -0.459. The molecule has 1 amide bonds. The third-order valence-electron chi connectivity index (χ3n) is 5.74. The van der Waals surface area contributed by atoms with Crippen LogP contribution in [0.3, 0.4) is 0 Å². The van der Waals surface area contributed by atoms with Gasteiger partial charge in [0, 0.05) is 13.1 Å². The van der Waals surface area contributed by atoms with Crippen molar-refractivity contribution in [1.82, 2.24) is 9.55 Å². The SMILES string of the molecule is CCCn1c(SCC(=O)Nc2cc(S(=O)(=O)N(CC)c3ccccc3)ccc2Cl)nc2ccccc2c1=O. The van der Waals surface area contributed by atoms with E-state index in [0.717, 1.165) is 18.2 Å². The predicted molar refractivity (Wildman–Crippen MR) is 154 cm³/mol. The number of anilines is 2. The summed E-state index contributed by atoms with van der Waals surface area (Å²) >= 11 is 7.44. The predicted octanol–water partition coefficient (Wildman–Crippen LogP) is 5.41. The van der Waals surface area contributed by atoms with Crippen LogP contribution in [-0.2, 0) is 21.4 Å². The number of nitrogens with zero attached hydrogens (tertiary/aromatic N) is 3. The van der Waals surface area contributed by atoms with E-state index in [4.69, 9.17) is 11.6 Å². The number of halogens is 1. The molecule has 0 atom stereocenters. The molecule has 0 unspecified atom stereocenters. The molecule has 0 radical (unpaired) electrons. The van der Waals surface area contributed by atoms with E-state index in [0.29, 0.717) is 28.3 Å². The number of hydrogen-bond acceptors (Lipinski definition) is 6. The van der Waals surface area contributed by atoms with E-state index in [-0.39, 0.29) is 33.5 Å². The Labute approximate surface area is 230 Å². The van der Waals surface area contributed by atoms with Gasteiger partial charge in [-0.25, -0.2) is 13.4 Å². The Hall–Kier alpha value is -3.34. The van der Waals surface area contributed by atoms with Crippen LogP contribution in [-0.4, -0.2) is 36.2 Å². The molecule has 11 heteroatoms. The number of para-hydroxylation sites is 2. The van der Waals surface area contributed by atoms with Crippen molar-refractivity contribution in [1.29, 1.82) is 0 Å². The fourth-order valence-electron chi connectivity index (χ4n) is 3.97. The van der Waals surface area contributed by atoms with Gasteiger partial charge in [-0.3, -0.25) is 18.5 Å². The molecule has 0 saturated carbocycles. The first-order valence-corrected chi connectivity index (χ1v) is 14.9. The highest BCUT2D eigenvalue weighted by Gasteiger charge is 2.25. The van der Waals surface area contributed by atoms with Crippen molar-refractivity contribution in [3.8, 4) is 0 Å². The van der Waals surface area contributed by atoms with Crippen molar-refractivity contribution in [3.63, 3.8) is 0 Å². The molecule has 1 heterocycles. The third-order valence-corrected chi connectivity index (χ3v) is 8.94. The summed E-state index contributed by atoms with van der Waals surface area (Å²) in [4.78, 5) is 30.4. The molecule has 0 aliphatic heterocycles. The summed E-state index contributed by atoms with van der Waals surface area (Å²) in [5, 5.41) is 3.87. The van der Waals surface area contributed by atoms with Crippen LogP contribution in [0.4, 0.5) is 11.4 Å². The molecule has 1 aromatic heterocycles. The fourth-order valence-corrected chi connectivity index (χ4v) is 6.46. The average molecular weight is 571 g/mol. The van der Waals surface area contributed by atoms with E-state index >= 15 is 0 Å². The van der Waals surface area contributed by atoms with Crippen molar-refractivity contribution >= 4 is 61.6 Å². The van der Waals surface area contributed by atoms with Gasteiger partial charge in [-0.15, -0.1) is 0 Å². The summed E-state index contributed by atoms with van der Waals surface area (Å²) in [6.07, 6.45) is 0.730. The lowest BCUT2D eigenvalue weighted by Gasteiger charge is -2.23. The molecule has 0 spiro atoms. The molecule has 0 fully saturated rings. The van der Waals surface area contributed by atoms with E-state index in [1.54, 1.807) is 60.0 Å². The Morgan fingerprint density at radius 1 is 1.05 bits per heavy atom. The Bertz CT molecular complexity index is 1630. The number of carbonyl (C=O) groups excluding carboxylic acids is 1. The second-order valence-electron chi connectivity index (χ2n) is 8.35. The molecular weight excluding hydrogens is 544 g/mol. The number of hydrogen-bond donors (Lipinski definition) is 1. The molecule has 0 bridgehead atoms. The number of thioether (sulfide) groups is 1. The largest absolute Gasteiger partial charge is 0.324 e. The van der Waals surface area contributed by atoms with E-state index in [1.165, 1.54) is 22.5 Å². The molecule has 38 heavy (non-hydrogen) atoms. The monoisotopic (exact) mass is 570 g/mol. The molecule has 4 rings (SSSR count). The lowest BCUT2D eigenvalue weighted by Crippen LogP contribution is -2.30. The Morgan fingerprint density at radius 2 is 1.76 bits per heavy atom. The van der Waals surface area contributed by atoms with E-state index in [9.17, 15) is 18.0 Å². The van der Waals surface area contributed by atoms with Crippen molar-refractivity contribution in [2.75, 3.05) is 21.9 Å². The number of benzene rings is 3. The number of amides is 1. The van der Waals surface area contributed by atoms with Crippen LogP contribution in [0, 0.1) is 0 Å². The average Bonchev–Trinajstić information content (AvgIpc) is 2.91. The maximum Gasteiger partial charge on any atom is 0.264 e. The summed E-state index contributed by atoms with van der Waals surface area (Å²) in [6, 6.07) is 20.1. The molecule has 4 aromatic rings. The second kappa shape index (κ2) is 12.0. The first kappa shape index (κ1) is 27.7. The van der Waals surface area contributed by atoms with E-state index in [2.05, 4.69) is 10.3 Å². The van der Waals surface area contributed by atoms with Gasteiger partial charge in [0.15, 0.2) is 5.16 Å². The van der Waals surface area contributed by atoms with Crippen LogP contribution in [0.5, 0.6) is 0 Å². The van der Waals surface area contributed by atoms with Crippen molar-refractivity contribution < 1.29 is 13.2 Å². The van der Waals surface area contributed by atoms with Crippen LogP contribution >= 0.6 is 23.4 Å². The van der Waals surface area contributed by atoms with E-state index < -0.39 is 15.9 Å². The first-order valence-electron chi connectivity index (χ1n) is 12.1. The zero-order valence-electron chi connectivity index (χ0n) is 20.9. The van der Waals surface area contributed by atoms with Gasteiger partial charge in [0.25, 0.3) is 15.6 Å². The standard InChI is InChI=1S/C27H27ClN4O4S2/c1-3-16-31-26(34)21-12-8-9-13-23(21)30-27(31)37-18-25(33)29-24-17-20(14-15-22(24)28)38(35,36)32(4-2)19-10-6-5-7-11-19/h5-15,17H,3-4,16,18H2,1-2H3,(H,29,33). The zero-order valence-corrected chi connectivity index (χ0v) is 23.3. The molecule has 1 N–H and O–H groups in total. The van der Waals surface area contributed by atoms with Gasteiger partial charge in [0.2, 0.25) is 5.91 Å². The Morgan fingerprint density at radius 3 is 2.47 bits per heavy atom. The molecular formula is C27H27ClN4O4S2. The number of fused-ring (bicyclic) bond motifs is 1. The van der Waals surface area contributed by atoms with Gasteiger partial charge >= 0.3 is 0 Å². The molecule has 198 valence electrons. The van der Waals surface area contributed by atoms with Crippen LogP contribution < -0.4 is 15.2 Å². The summed E-state index contributed by atoms with van der Waals surface area (Å²) in [7, 11) is -3.90. The van der Waals surface area contributed by atoms with Crippen LogP contribution in [0.15, 0.2) is 87.6 Å². The van der Waals surface area contributed by atoms with E-state index in [1.807, 2.05) is 13.0 Å². The minimum Gasteiger partial charge on any atom is -0.324 e. The summed E-state index contributed by atoms with van der Waals surface area (Å²) in [5.41, 5.74) is 1.13. The summed E-state index contributed by atoms with van der Waals surface area (Å²) < 4.78 is 29.6. The molecule has 0 saturated heterocycles. The number of sulfonamides is 1. The van der Waals surface area contributed by atoms with Gasteiger partial charge in [-0.05, 0) is 55.8 Å². The highest BCUT2D eigenvalue weighted by molar-refractivity contribution is 7.99. The molecule has 3 aromatic carbocycles. The maximum atomic E-state index is 13.4. The van der Waals surface area contributed by atoms with Gasteiger partial charge in [-0.1, -0.05) is 60.6 Å². The number of rotatable bonds is 10. The summed E-state index contributed by atoms with van der Waals surface area (Å²) in [6.45, 7) is 4.41. The van der Waals surface area contributed by atoms with Crippen LogP contribution in [0.25, 0.3) is 10.9 Å². The number of carbonyl (C=O) groups is 1. The zero-order chi connectivity index (χ0) is 27.3. The quantitative estimate of drug-likeness (QED) is 0.202. The Balaban J connectivity index is 1.55. The van der Waals surface area contributed by atoms with Gasteiger partial charge < -0.3 is 5.32 Å². The third kappa shape index (κ3) is 5.87. The van der Waals surface area contributed by atoms with Gasteiger partial charge in [0.1, 0.15) is 0 Å². The van der Waals surface area contributed by atoms with Crippen molar-refractivity contribution in [3.05, 3.63) is 88.2 Å². The smallest absolute Gasteiger partial charge is 0.264 e. The number of nitrogens with one attached hydrogen (secondary N) is 1. The highest BCUT2D eigenvalue weighted by Crippen LogP contribution is 2.29. The topological polar surface area (TPSA) is 101 Å². The molecule has 0 aliphatic rings. The van der Waals surface area contributed by atoms with Gasteiger partial charge in [0.05, 0.1) is 37.9 Å². The second-order valence-corrected chi connectivity index (χ2v) is 11.6. The maximum absolute atomic E-state index is 13.4. The highest BCUT2D eigenvalue weighted by atomic mass is 35.5. The first-order chi connectivity index (χ1) is 18.3.